The number of hydrogen-bond acceptors (Lipinski definition) is 5. The van der Waals surface area contributed by atoms with Crippen molar-refractivity contribution in [2.45, 2.75) is 0 Å². The molecule has 0 bridgehead atoms. The predicted octanol–water partition coefficient (Wildman–Crippen LogP) is 1.47. The van der Waals surface area contributed by atoms with Gasteiger partial charge in [0.05, 0.1) is 12.7 Å². The monoisotopic (exact) mass is 189 g/mol. The van der Waals surface area contributed by atoms with E-state index in [4.69, 9.17) is 0 Å². The smallest absolute Gasteiger partial charge is 0.240 e. The van der Waals surface area contributed by atoms with Crippen LogP contribution in [0.15, 0.2) is 39.7 Å². The molecule has 5 heteroatoms. The molecule has 0 radical (unpaired) electrons. The zero-order valence-electron chi connectivity index (χ0n) is 7.96. The van der Waals surface area contributed by atoms with Gasteiger partial charge in [0, 0.05) is 19.8 Å². The molecule has 5 nitrogen and oxygen atoms in total. The van der Waals surface area contributed by atoms with Gasteiger partial charge in [0.1, 0.15) is 5.69 Å². The van der Waals surface area contributed by atoms with Crippen LogP contribution in [0.25, 0.3) is 0 Å². The molecule has 0 N–H and O–H groups in total. The van der Waals surface area contributed by atoms with Crippen molar-refractivity contribution >= 4 is 11.6 Å². The summed E-state index contributed by atoms with van der Waals surface area (Å²) in [6.45, 7) is 1.72. The molecule has 0 aromatic carbocycles. The first-order chi connectivity index (χ1) is 6.86. The second-order valence-corrected chi connectivity index (χ2v) is 3.01. The molecule has 14 heavy (non-hydrogen) atoms. The normalized spacial score (nSPS) is 16.4. The number of guanidine groups is 1. The Kier molecular flexibility index (Phi) is 2.48. The van der Waals surface area contributed by atoms with Crippen molar-refractivity contribution < 1.29 is 0 Å². The number of aliphatic imine (C=N–C) groups is 1. The molecule has 72 valence electrons. The number of azo groups is 1. The first kappa shape index (κ1) is 8.80. The van der Waals surface area contributed by atoms with Crippen molar-refractivity contribution in [1.29, 1.82) is 0 Å². The quantitative estimate of drug-likeness (QED) is 0.628. The number of likely N-dealkylation sites (N-methyl/N-ethyl adjacent to an activating group) is 1. The van der Waals surface area contributed by atoms with Gasteiger partial charge in [-0.15, -0.1) is 10.2 Å². The van der Waals surface area contributed by atoms with Gasteiger partial charge in [-0.05, 0) is 12.1 Å². The third kappa shape index (κ3) is 1.93. The van der Waals surface area contributed by atoms with Crippen molar-refractivity contribution in [3.05, 3.63) is 24.5 Å². The molecule has 2 rings (SSSR count). The summed E-state index contributed by atoms with van der Waals surface area (Å²) in [7, 11) is 1.95. The Morgan fingerprint density at radius 3 is 3.00 bits per heavy atom. The van der Waals surface area contributed by atoms with Crippen LogP contribution in [0.2, 0.25) is 0 Å². The van der Waals surface area contributed by atoms with Crippen molar-refractivity contribution in [3.63, 3.8) is 0 Å². The van der Waals surface area contributed by atoms with E-state index in [1.807, 2.05) is 24.1 Å². The van der Waals surface area contributed by atoms with Crippen molar-refractivity contribution in [2.24, 2.45) is 15.2 Å². The van der Waals surface area contributed by atoms with E-state index in [0.717, 1.165) is 18.8 Å². The SMILES string of the molecule is CN1CCN=C1N=Nc1cccnc1. The Balaban J connectivity index is 2.08. The van der Waals surface area contributed by atoms with Crippen LogP contribution in [0.5, 0.6) is 0 Å². The predicted molar refractivity (Wildman–Crippen MR) is 53.7 cm³/mol. The Labute approximate surface area is 82.2 Å². The first-order valence-electron chi connectivity index (χ1n) is 4.43. The molecular weight excluding hydrogens is 178 g/mol. The van der Waals surface area contributed by atoms with Gasteiger partial charge in [0.25, 0.3) is 0 Å². The average Bonchev–Trinajstić information content (AvgIpc) is 2.63. The summed E-state index contributed by atoms with van der Waals surface area (Å²) in [5.74, 6) is 0.689. The number of rotatable bonds is 1. The van der Waals surface area contributed by atoms with E-state index >= 15 is 0 Å². The molecule has 0 spiro atoms. The summed E-state index contributed by atoms with van der Waals surface area (Å²) >= 11 is 0. The molecule has 0 atom stereocenters. The molecule has 0 amide bonds. The van der Waals surface area contributed by atoms with Gasteiger partial charge in [-0.2, -0.15) is 0 Å². The molecule has 1 aliphatic heterocycles. The van der Waals surface area contributed by atoms with Crippen molar-refractivity contribution in [3.8, 4) is 0 Å². The minimum absolute atomic E-state index is 0.689. The van der Waals surface area contributed by atoms with Crippen molar-refractivity contribution in [1.82, 2.24) is 9.88 Å². The molecule has 1 aliphatic rings. The first-order valence-corrected chi connectivity index (χ1v) is 4.43. The van der Waals surface area contributed by atoms with E-state index in [1.165, 1.54) is 0 Å². The summed E-state index contributed by atoms with van der Waals surface area (Å²) in [6, 6.07) is 3.68. The number of hydrogen-bond donors (Lipinski definition) is 0. The fraction of sp³-hybridized carbons (Fsp3) is 0.333. The molecule has 0 saturated heterocycles. The molecular formula is C9H11N5. The lowest BCUT2D eigenvalue weighted by atomic mass is 10.4. The van der Waals surface area contributed by atoms with Gasteiger partial charge in [-0.25, -0.2) is 4.99 Å². The zero-order valence-corrected chi connectivity index (χ0v) is 7.96. The third-order valence-corrected chi connectivity index (χ3v) is 1.93. The molecule has 0 fully saturated rings. The lowest BCUT2D eigenvalue weighted by molar-refractivity contribution is 0.549. The van der Waals surface area contributed by atoms with Crippen LogP contribution in [0.3, 0.4) is 0 Å². The van der Waals surface area contributed by atoms with Crippen LogP contribution in [-0.2, 0) is 0 Å². The van der Waals surface area contributed by atoms with E-state index in [2.05, 4.69) is 20.2 Å². The summed E-state index contributed by atoms with van der Waals surface area (Å²) in [5.41, 5.74) is 0.746. The summed E-state index contributed by atoms with van der Waals surface area (Å²) < 4.78 is 0. The number of aromatic nitrogens is 1. The van der Waals surface area contributed by atoms with E-state index in [9.17, 15) is 0 Å². The van der Waals surface area contributed by atoms with Gasteiger partial charge in [0.15, 0.2) is 0 Å². The van der Waals surface area contributed by atoms with Gasteiger partial charge in [-0.1, -0.05) is 0 Å². The van der Waals surface area contributed by atoms with Gasteiger partial charge < -0.3 is 4.90 Å². The fourth-order valence-electron chi connectivity index (χ4n) is 1.14. The van der Waals surface area contributed by atoms with Crippen LogP contribution in [-0.4, -0.2) is 36.0 Å². The summed E-state index contributed by atoms with van der Waals surface area (Å²) in [6.07, 6.45) is 3.37. The number of nitrogens with zero attached hydrogens (tertiary/aromatic N) is 5. The standard InChI is InChI=1S/C9H11N5/c1-14-6-5-11-9(14)13-12-8-3-2-4-10-7-8/h2-4,7H,5-6H2,1H3. The van der Waals surface area contributed by atoms with E-state index in [1.54, 1.807) is 12.4 Å². The van der Waals surface area contributed by atoms with Gasteiger partial charge in [0.2, 0.25) is 5.96 Å². The van der Waals surface area contributed by atoms with E-state index in [0.29, 0.717) is 5.96 Å². The highest BCUT2D eigenvalue weighted by Crippen LogP contribution is 2.09. The third-order valence-electron chi connectivity index (χ3n) is 1.93. The lowest BCUT2D eigenvalue weighted by Crippen LogP contribution is -2.20. The Hall–Kier alpha value is -1.78. The maximum Gasteiger partial charge on any atom is 0.240 e. The van der Waals surface area contributed by atoms with Crippen LogP contribution in [0.4, 0.5) is 5.69 Å². The molecule has 0 unspecified atom stereocenters. The topological polar surface area (TPSA) is 53.2 Å². The van der Waals surface area contributed by atoms with Crippen LogP contribution in [0, 0.1) is 0 Å². The highest BCUT2D eigenvalue weighted by molar-refractivity contribution is 5.81. The van der Waals surface area contributed by atoms with E-state index < -0.39 is 0 Å². The summed E-state index contributed by atoms with van der Waals surface area (Å²) in [4.78, 5) is 10.1. The van der Waals surface area contributed by atoms with Crippen LogP contribution in [0.1, 0.15) is 0 Å². The Bertz CT molecular complexity index is 357. The molecule has 1 aromatic rings. The average molecular weight is 189 g/mol. The summed E-state index contributed by atoms with van der Waals surface area (Å²) in [5, 5.41) is 8.06. The highest BCUT2D eigenvalue weighted by atomic mass is 15.3. The molecule has 2 heterocycles. The van der Waals surface area contributed by atoms with E-state index in [-0.39, 0.29) is 0 Å². The minimum atomic E-state index is 0.689. The fourth-order valence-corrected chi connectivity index (χ4v) is 1.14. The van der Waals surface area contributed by atoms with Crippen LogP contribution < -0.4 is 0 Å². The second kappa shape index (κ2) is 3.95. The Morgan fingerprint density at radius 1 is 1.43 bits per heavy atom. The maximum atomic E-state index is 4.19. The molecule has 0 saturated carbocycles. The lowest BCUT2D eigenvalue weighted by Gasteiger charge is -2.06. The van der Waals surface area contributed by atoms with Gasteiger partial charge >= 0.3 is 0 Å². The number of pyridine rings is 1. The van der Waals surface area contributed by atoms with Crippen LogP contribution >= 0.6 is 0 Å². The molecule has 1 aromatic heterocycles. The largest absolute Gasteiger partial charge is 0.341 e. The highest BCUT2D eigenvalue weighted by Gasteiger charge is 2.10. The maximum absolute atomic E-state index is 4.19. The molecule has 0 aliphatic carbocycles. The van der Waals surface area contributed by atoms with Crippen molar-refractivity contribution in [2.75, 3.05) is 20.1 Å². The zero-order chi connectivity index (χ0) is 9.80. The minimum Gasteiger partial charge on any atom is -0.341 e. The second-order valence-electron chi connectivity index (χ2n) is 3.01. The Morgan fingerprint density at radius 2 is 2.36 bits per heavy atom. The van der Waals surface area contributed by atoms with Gasteiger partial charge in [-0.3, -0.25) is 4.98 Å².